The van der Waals surface area contributed by atoms with Gasteiger partial charge in [0.25, 0.3) is 5.91 Å². The van der Waals surface area contributed by atoms with Crippen LogP contribution in [0.4, 0.5) is 22.0 Å². The van der Waals surface area contributed by atoms with E-state index in [2.05, 4.69) is 4.90 Å². The van der Waals surface area contributed by atoms with Gasteiger partial charge >= 0.3 is 16.5 Å². The Balaban J connectivity index is 0.000000276. The van der Waals surface area contributed by atoms with E-state index in [1.165, 1.54) is 12.1 Å². The molecule has 40 heavy (non-hydrogen) atoms. The number of carbonyl (C=O) groups excluding carboxylic acids is 1. The maximum absolute atomic E-state index is 14.3. The summed E-state index contributed by atoms with van der Waals surface area (Å²) in [6.45, 7) is 2.04. The van der Waals surface area contributed by atoms with Crippen molar-refractivity contribution < 1.29 is 51.7 Å². The summed E-state index contributed by atoms with van der Waals surface area (Å²) >= 11 is 5.39. The van der Waals surface area contributed by atoms with Gasteiger partial charge < -0.3 is 12.6 Å². The van der Waals surface area contributed by atoms with E-state index in [9.17, 15) is 35.2 Å². The minimum atomic E-state index is -4.53. The normalized spacial score (nSPS) is 17.9. The molecule has 0 unspecified atom stereocenters. The van der Waals surface area contributed by atoms with Crippen LogP contribution in [0.2, 0.25) is 0 Å². The van der Waals surface area contributed by atoms with Crippen molar-refractivity contribution in [1.29, 1.82) is 0 Å². The van der Waals surface area contributed by atoms with Crippen LogP contribution in [-0.2, 0) is 50.4 Å². The average molecular weight is 649 g/mol. The van der Waals surface area contributed by atoms with Gasteiger partial charge in [-0.05, 0) is 61.2 Å². The number of sulfonamides is 1. The Kier molecular flexibility index (Phi) is 13.4. The number of alkyl halides is 2. The van der Waals surface area contributed by atoms with Crippen molar-refractivity contribution in [1.82, 2.24) is 9.62 Å². The number of likely N-dealkylation sites (tertiary alicyclic amines) is 1. The molecule has 0 spiro atoms. The van der Waals surface area contributed by atoms with Crippen LogP contribution in [0.15, 0.2) is 41.3 Å². The summed E-state index contributed by atoms with van der Waals surface area (Å²) < 4.78 is 90.9. The van der Waals surface area contributed by atoms with Crippen LogP contribution in [0.5, 0.6) is 0 Å². The van der Waals surface area contributed by atoms with Gasteiger partial charge in [0, 0.05) is 24.7 Å². The topological polar surface area (TPSA) is 66.5 Å². The number of hydrogen-bond donors (Lipinski definition) is 1. The van der Waals surface area contributed by atoms with Gasteiger partial charge in [-0.3, -0.25) is 9.69 Å². The molecule has 1 aliphatic heterocycles. The summed E-state index contributed by atoms with van der Waals surface area (Å²) in [6, 6.07) is 9.21. The minimum Gasteiger partial charge on any atom is -0.789 e. The number of benzene rings is 2. The number of halogens is 5. The second kappa shape index (κ2) is 15.5. The molecule has 1 saturated heterocycles. The molecule has 1 N–H and O–H groups in total. The van der Waals surface area contributed by atoms with Gasteiger partial charge in [0.05, 0.1) is 0 Å². The Morgan fingerprint density at radius 3 is 2.17 bits per heavy atom. The standard InChI is InChI=1S/C14H19F2NS.C13H13F3NO3S.Ni/c15-12-4-1-11(2-5-12)3-6-14(18)7-8-17-9-13(16)10-17;14-9-6-10(15)8-11(7-9)21(19,20)17-12(18)13(16)4-2-1-3-5-13;/h1-2,4-5,13-14,18H,3,6-10H2;7-8H,1-5H2,(H,17,18);/q;-1;+2/p-1/t14-;;/m0../s1. The van der Waals surface area contributed by atoms with E-state index in [1.54, 1.807) is 22.9 Å². The van der Waals surface area contributed by atoms with E-state index < -0.39 is 44.3 Å². The number of nitrogens with one attached hydrogen (secondary N) is 1. The van der Waals surface area contributed by atoms with Crippen molar-refractivity contribution in [3.05, 3.63) is 65.5 Å². The third kappa shape index (κ3) is 10.6. The van der Waals surface area contributed by atoms with Crippen LogP contribution in [0.1, 0.15) is 50.5 Å². The van der Waals surface area contributed by atoms with Gasteiger partial charge in [-0.2, -0.15) is 5.25 Å². The van der Waals surface area contributed by atoms with Crippen LogP contribution in [-0.4, -0.2) is 55.9 Å². The summed E-state index contributed by atoms with van der Waals surface area (Å²) in [5.74, 6) is -3.95. The third-order valence-corrected chi connectivity index (χ3v) is 8.50. The second-order valence-electron chi connectivity index (χ2n) is 9.91. The zero-order valence-electron chi connectivity index (χ0n) is 21.6. The van der Waals surface area contributed by atoms with Gasteiger partial charge in [0.2, 0.25) is 10.0 Å². The largest absolute Gasteiger partial charge is 2.00 e. The molecule has 1 aliphatic carbocycles. The molecule has 0 aromatic heterocycles. The van der Waals surface area contributed by atoms with Crippen LogP contribution in [0, 0.1) is 23.5 Å². The SMILES string of the molecule is Fc1ccc(CC[C@H]([S-])CCN2CC(F)C2)cc1.O=C(NS(=O)(=O)c1cc(F)[c-]c(F)c1)C1(F)CCCCC1.[Ni+2]. The number of hydrogen-bond acceptors (Lipinski definition) is 5. The number of amides is 1. The molecule has 2 aromatic carbocycles. The predicted molar refractivity (Wildman–Crippen MR) is 139 cm³/mol. The number of aryl methyl sites for hydroxylation is 1. The quantitative estimate of drug-likeness (QED) is 0.180. The minimum absolute atomic E-state index is 0. The van der Waals surface area contributed by atoms with Crippen LogP contribution in [0.3, 0.4) is 0 Å². The van der Waals surface area contributed by atoms with Crippen molar-refractivity contribution in [3.8, 4) is 0 Å². The molecule has 224 valence electrons. The fourth-order valence-electron chi connectivity index (χ4n) is 4.38. The van der Waals surface area contributed by atoms with Crippen LogP contribution < -0.4 is 4.72 Å². The van der Waals surface area contributed by atoms with Crippen LogP contribution in [0.25, 0.3) is 0 Å². The first-order valence-electron chi connectivity index (χ1n) is 12.8. The van der Waals surface area contributed by atoms with Crippen molar-refractivity contribution in [2.75, 3.05) is 19.6 Å². The molecule has 4 rings (SSSR count). The monoisotopic (exact) mass is 648 g/mol. The number of rotatable bonds is 9. The molecular weight excluding hydrogens is 618 g/mol. The first-order chi connectivity index (χ1) is 18.4. The molecule has 1 amide bonds. The van der Waals surface area contributed by atoms with Gasteiger partial charge in [0.15, 0.2) is 5.67 Å². The van der Waals surface area contributed by atoms with E-state index in [1.807, 2.05) is 0 Å². The van der Waals surface area contributed by atoms with E-state index in [4.69, 9.17) is 12.6 Å². The van der Waals surface area contributed by atoms with E-state index in [0.29, 0.717) is 38.1 Å². The molecule has 2 aliphatic rings. The van der Waals surface area contributed by atoms with Gasteiger partial charge in [-0.25, -0.2) is 35.1 Å². The molecule has 1 atom stereocenters. The molecule has 0 radical (unpaired) electrons. The number of carbonyl (C=O) groups is 1. The molecular formula is C27H31F5N2NiO3S2. The number of nitrogens with zero attached hydrogens (tertiary/aromatic N) is 1. The first-order valence-corrected chi connectivity index (χ1v) is 14.7. The van der Waals surface area contributed by atoms with E-state index >= 15 is 0 Å². The van der Waals surface area contributed by atoms with Crippen molar-refractivity contribution in [2.24, 2.45) is 0 Å². The maximum atomic E-state index is 14.3. The second-order valence-corrected chi connectivity index (χ2v) is 12.3. The zero-order valence-corrected chi connectivity index (χ0v) is 24.2. The van der Waals surface area contributed by atoms with E-state index in [0.717, 1.165) is 37.8 Å². The van der Waals surface area contributed by atoms with Crippen molar-refractivity contribution >= 4 is 28.6 Å². The van der Waals surface area contributed by atoms with Crippen molar-refractivity contribution in [3.63, 3.8) is 0 Å². The van der Waals surface area contributed by atoms with E-state index in [-0.39, 0.29) is 40.4 Å². The summed E-state index contributed by atoms with van der Waals surface area (Å²) in [5, 5.41) is 0.216. The molecule has 5 nitrogen and oxygen atoms in total. The molecule has 13 heteroatoms. The molecule has 2 fully saturated rings. The van der Waals surface area contributed by atoms with Crippen LogP contribution >= 0.6 is 0 Å². The molecule has 1 saturated carbocycles. The Morgan fingerprint density at radius 2 is 1.62 bits per heavy atom. The van der Waals surface area contributed by atoms with Gasteiger partial charge in [-0.1, -0.05) is 31.4 Å². The fraction of sp³-hybridized carbons (Fsp3) is 0.519. The van der Waals surface area contributed by atoms with Crippen molar-refractivity contribution in [2.45, 2.75) is 73.4 Å². The summed E-state index contributed by atoms with van der Waals surface area (Å²) in [5.41, 5.74) is -1.14. The molecule has 0 bridgehead atoms. The first kappa shape index (κ1) is 34.5. The molecule has 1 heterocycles. The summed E-state index contributed by atoms with van der Waals surface area (Å²) in [6.07, 6.45) is 3.71. The molecule has 2 aromatic rings. The Hall–Kier alpha value is -1.69. The summed E-state index contributed by atoms with van der Waals surface area (Å²) in [4.78, 5) is 13.1. The van der Waals surface area contributed by atoms with Gasteiger partial charge in [-0.15, -0.1) is 18.2 Å². The Morgan fingerprint density at radius 1 is 1.05 bits per heavy atom. The maximum Gasteiger partial charge on any atom is 2.00 e. The summed E-state index contributed by atoms with van der Waals surface area (Å²) in [7, 11) is -4.53. The zero-order chi connectivity index (χ0) is 28.6. The predicted octanol–water partition coefficient (Wildman–Crippen LogP) is 4.96. The third-order valence-electron chi connectivity index (χ3n) is 6.72. The smallest absolute Gasteiger partial charge is 0.789 e. The van der Waals surface area contributed by atoms with Gasteiger partial charge in [0.1, 0.15) is 12.0 Å². The fourth-order valence-corrected chi connectivity index (χ4v) is 5.67. The Labute approximate surface area is 247 Å². The Bertz CT molecular complexity index is 1190. The average Bonchev–Trinajstić information content (AvgIpc) is 2.85.